The molecule has 0 spiro atoms. The monoisotopic (exact) mass is 360 g/mol. The summed E-state index contributed by atoms with van der Waals surface area (Å²) in [6.07, 6.45) is -0.797. The van der Waals surface area contributed by atoms with Crippen LogP contribution in [-0.4, -0.2) is 23.9 Å². The quantitative estimate of drug-likeness (QED) is 0.743. The van der Waals surface area contributed by atoms with E-state index in [0.29, 0.717) is 12.2 Å². The van der Waals surface area contributed by atoms with Crippen molar-refractivity contribution in [2.75, 3.05) is 5.32 Å². The van der Waals surface area contributed by atoms with Crippen LogP contribution in [0.25, 0.3) is 0 Å². The fraction of sp³-hybridized carbons (Fsp3) is 0.278. The van der Waals surface area contributed by atoms with Crippen LogP contribution in [0.4, 0.5) is 5.69 Å². The summed E-state index contributed by atoms with van der Waals surface area (Å²) in [4.78, 5) is 35.9. The first-order valence-electron chi connectivity index (χ1n) is 7.80. The number of thiophene rings is 1. The van der Waals surface area contributed by atoms with E-state index in [1.807, 2.05) is 17.5 Å². The zero-order valence-corrected chi connectivity index (χ0v) is 14.9. The Morgan fingerprint density at radius 3 is 2.48 bits per heavy atom. The van der Waals surface area contributed by atoms with E-state index in [4.69, 9.17) is 4.74 Å². The summed E-state index contributed by atoms with van der Waals surface area (Å²) in [6, 6.07) is 10.7. The third kappa shape index (κ3) is 6.39. The van der Waals surface area contributed by atoms with Gasteiger partial charge in [0, 0.05) is 17.5 Å². The molecule has 6 nitrogen and oxygen atoms in total. The molecule has 2 N–H and O–H groups in total. The van der Waals surface area contributed by atoms with Crippen LogP contribution >= 0.6 is 11.3 Å². The number of anilines is 1. The largest absolute Gasteiger partial charge is 0.452 e. The minimum atomic E-state index is -0.855. The van der Waals surface area contributed by atoms with Gasteiger partial charge in [-0.05, 0) is 36.1 Å². The Morgan fingerprint density at radius 2 is 1.88 bits per heavy atom. The fourth-order valence-corrected chi connectivity index (χ4v) is 2.74. The predicted molar refractivity (Wildman–Crippen MR) is 96.2 cm³/mol. The van der Waals surface area contributed by atoms with Gasteiger partial charge in [0.2, 0.25) is 5.91 Å². The summed E-state index contributed by atoms with van der Waals surface area (Å²) in [7, 11) is 0. The maximum atomic E-state index is 12.0. The molecule has 1 heterocycles. The van der Waals surface area contributed by atoms with Crippen molar-refractivity contribution in [1.82, 2.24) is 5.32 Å². The van der Waals surface area contributed by atoms with Crippen LogP contribution in [0.2, 0.25) is 0 Å². The second kappa shape index (κ2) is 8.98. The number of carbonyl (C=O) groups excluding carboxylic acids is 3. The lowest BCUT2D eigenvalue weighted by atomic mass is 10.1. The van der Waals surface area contributed by atoms with Gasteiger partial charge < -0.3 is 15.4 Å². The Labute approximate surface area is 150 Å². The number of hydrogen-bond donors (Lipinski definition) is 2. The van der Waals surface area contributed by atoms with Crippen molar-refractivity contribution in [2.45, 2.75) is 32.9 Å². The van der Waals surface area contributed by atoms with E-state index in [1.165, 1.54) is 6.92 Å². The van der Waals surface area contributed by atoms with Crippen molar-refractivity contribution in [2.24, 2.45) is 0 Å². The van der Waals surface area contributed by atoms with Crippen LogP contribution in [0.15, 0.2) is 41.8 Å². The van der Waals surface area contributed by atoms with Crippen molar-refractivity contribution in [3.63, 3.8) is 0 Å². The van der Waals surface area contributed by atoms with Crippen LogP contribution < -0.4 is 10.6 Å². The molecule has 0 aliphatic heterocycles. The van der Waals surface area contributed by atoms with Crippen molar-refractivity contribution in [3.8, 4) is 0 Å². The molecule has 0 fully saturated rings. The molecular formula is C18H20N2O4S. The number of rotatable bonds is 7. The maximum absolute atomic E-state index is 12.0. The molecule has 0 aliphatic rings. The molecule has 0 saturated carbocycles. The summed E-state index contributed by atoms with van der Waals surface area (Å²) < 4.78 is 5.16. The highest BCUT2D eigenvalue weighted by molar-refractivity contribution is 7.09. The van der Waals surface area contributed by atoms with Crippen LogP contribution in [-0.2, 0) is 32.1 Å². The number of esters is 1. The minimum Gasteiger partial charge on any atom is -0.452 e. The van der Waals surface area contributed by atoms with Crippen molar-refractivity contribution in [3.05, 3.63) is 52.2 Å². The Hall–Kier alpha value is -2.67. The summed E-state index contributed by atoms with van der Waals surface area (Å²) in [5, 5.41) is 7.32. The number of nitrogens with one attached hydrogen (secondary N) is 2. The highest BCUT2D eigenvalue weighted by Crippen LogP contribution is 2.11. The van der Waals surface area contributed by atoms with Gasteiger partial charge >= 0.3 is 5.97 Å². The SMILES string of the molecule is CC(=O)Nc1ccc(CC(=O)O[C@H](C)C(=O)NCc2cccs2)cc1. The molecule has 0 bridgehead atoms. The average Bonchev–Trinajstić information content (AvgIpc) is 3.07. The lowest BCUT2D eigenvalue weighted by molar-refractivity contribution is -0.154. The zero-order valence-electron chi connectivity index (χ0n) is 14.1. The molecule has 0 unspecified atom stereocenters. The van der Waals surface area contributed by atoms with E-state index in [-0.39, 0.29) is 18.2 Å². The molecule has 0 saturated heterocycles. The molecule has 2 aromatic rings. The Balaban J connectivity index is 1.78. The molecule has 132 valence electrons. The Bertz CT molecular complexity index is 726. The number of benzene rings is 1. The number of carbonyl (C=O) groups is 3. The second-order valence-corrected chi connectivity index (χ2v) is 6.52. The highest BCUT2D eigenvalue weighted by atomic mass is 32.1. The third-order valence-electron chi connectivity index (χ3n) is 3.32. The average molecular weight is 360 g/mol. The molecule has 0 radical (unpaired) electrons. The van der Waals surface area contributed by atoms with Crippen LogP contribution in [0, 0.1) is 0 Å². The molecule has 2 amide bonds. The third-order valence-corrected chi connectivity index (χ3v) is 4.19. The van der Waals surface area contributed by atoms with Gasteiger partial charge in [-0.15, -0.1) is 11.3 Å². The predicted octanol–water partition coefficient (Wildman–Crippen LogP) is 2.50. The van der Waals surface area contributed by atoms with Crippen molar-refractivity contribution < 1.29 is 19.1 Å². The van der Waals surface area contributed by atoms with Crippen LogP contribution in [0.5, 0.6) is 0 Å². The maximum Gasteiger partial charge on any atom is 0.311 e. The van der Waals surface area contributed by atoms with Crippen molar-refractivity contribution >= 4 is 34.8 Å². The van der Waals surface area contributed by atoms with Gasteiger partial charge in [-0.1, -0.05) is 18.2 Å². The van der Waals surface area contributed by atoms with Gasteiger partial charge in [0.1, 0.15) is 0 Å². The lowest BCUT2D eigenvalue weighted by Crippen LogP contribution is -2.35. The topological polar surface area (TPSA) is 84.5 Å². The number of amides is 2. The molecular weight excluding hydrogens is 340 g/mol. The molecule has 1 atom stereocenters. The van der Waals surface area contributed by atoms with Crippen molar-refractivity contribution in [1.29, 1.82) is 0 Å². The normalized spacial score (nSPS) is 11.4. The fourth-order valence-electron chi connectivity index (χ4n) is 2.10. The van der Waals surface area contributed by atoms with E-state index in [9.17, 15) is 14.4 Å². The zero-order chi connectivity index (χ0) is 18.2. The van der Waals surface area contributed by atoms with Gasteiger partial charge in [-0.3, -0.25) is 14.4 Å². The number of hydrogen-bond acceptors (Lipinski definition) is 5. The van der Waals surface area contributed by atoms with Gasteiger partial charge in [0.05, 0.1) is 13.0 Å². The molecule has 1 aromatic heterocycles. The first-order valence-corrected chi connectivity index (χ1v) is 8.68. The molecule has 25 heavy (non-hydrogen) atoms. The summed E-state index contributed by atoms with van der Waals surface area (Å²) in [5.74, 6) is -0.969. The molecule has 0 aliphatic carbocycles. The van der Waals surface area contributed by atoms with Gasteiger partial charge in [0.15, 0.2) is 6.10 Å². The van der Waals surface area contributed by atoms with Gasteiger partial charge in [-0.2, -0.15) is 0 Å². The van der Waals surface area contributed by atoms with E-state index in [0.717, 1.165) is 10.4 Å². The smallest absolute Gasteiger partial charge is 0.311 e. The van der Waals surface area contributed by atoms with E-state index in [1.54, 1.807) is 42.5 Å². The highest BCUT2D eigenvalue weighted by Gasteiger charge is 2.17. The Morgan fingerprint density at radius 1 is 1.16 bits per heavy atom. The summed E-state index contributed by atoms with van der Waals surface area (Å²) >= 11 is 1.55. The van der Waals surface area contributed by atoms with E-state index in [2.05, 4.69) is 10.6 Å². The lowest BCUT2D eigenvalue weighted by Gasteiger charge is -2.13. The number of ether oxygens (including phenoxy) is 1. The van der Waals surface area contributed by atoms with Gasteiger partial charge in [0.25, 0.3) is 5.91 Å². The second-order valence-electron chi connectivity index (χ2n) is 5.48. The van der Waals surface area contributed by atoms with Crippen LogP contribution in [0.3, 0.4) is 0 Å². The van der Waals surface area contributed by atoms with Crippen LogP contribution in [0.1, 0.15) is 24.3 Å². The van der Waals surface area contributed by atoms with E-state index < -0.39 is 12.1 Å². The minimum absolute atomic E-state index is 0.0584. The summed E-state index contributed by atoms with van der Waals surface area (Å²) in [5.41, 5.74) is 1.40. The Kier molecular flexibility index (Phi) is 6.71. The molecule has 2 rings (SSSR count). The van der Waals surface area contributed by atoms with Gasteiger partial charge in [-0.25, -0.2) is 0 Å². The van der Waals surface area contributed by atoms with E-state index >= 15 is 0 Å². The summed E-state index contributed by atoms with van der Waals surface area (Å²) in [6.45, 7) is 3.39. The molecule has 1 aromatic carbocycles. The first-order chi connectivity index (χ1) is 11.9. The standard InChI is InChI=1S/C18H20N2O4S/c1-12(18(23)19-11-16-4-3-9-25-16)24-17(22)10-14-5-7-15(8-6-14)20-13(2)21/h3-9,12H,10-11H2,1-2H3,(H,19,23)(H,20,21)/t12-/m1/s1. The first kappa shape index (κ1) is 18.7. The molecule has 7 heteroatoms.